The molecule has 0 aliphatic carbocycles. The Morgan fingerprint density at radius 1 is 0.298 bits per heavy atom. The van der Waals surface area contributed by atoms with Crippen molar-refractivity contribution in [2.75, 3.05) is 0 Å². The van der Waals surface area contributed by atoms with Crippen LogP contribution in [0.1, 0.15) is 32.1 Å². The van der Waals surface area contributed by atoms with E-state index in [1.165, 1.54) is 0 Å². The zero-order valence-corrected chi connectivity index (χ0v) is 25.5. The Balaban J connectivity index is -0.0000000842. The maximum absolute atomic E-state index is 9.58. The average molecular weight is 762 g/mol. The van der Waals surface area contributed by atoms with Crippen LogP contribution >= 0.6 is 0 Å². The second-order valence-electron chi connectivity index (χ2n) is 7.05. The molecule has 0 aromatic rings. The Morgan fingerprint density at radius 2 is 0.383 bits per heavy atom. The van der Waals surface area contributed by atoms with Gasteiger partial charge in [-0.25, -0.2) is 0 Å². The number of rotatable bonds is 15. The van der Waals surface area contributed by atoms with Gasteiger partial charge in [0, 0.05) is 62.0 Å². The van der Waals surface area contributed by atoms with E-state index in [1.807, 2.05) is 0 Å². The Bertz CT molecular complexity index is 842. The van der Waals surface area contributed by atoms with Gasteiger partial charge in [-0.2, -0.15) is 0 Å². The van der Waals surface area contributed by atoms with Crippen LogP contribution in [0.4, 0.5) is 0 Å². The monoisotopic (exact) mass is 762 g/mol. The van der Waals surface area contributed by atoms with Crippen LogP contribution < -0.4 is 51.1 Å². The summed E-state index contributed by atoms with van der Waals surface area (Å²) < 4.78 is 0. The molecule has 0 aromatic carbocycles. The number of carbonyl (C=O) groups is 10. The fraction of sp³-hybridized carbons (Fsp3) is 0.500. The summed E-state index contributed by atoms with van der Waals surface area (Å²) in [5, 5.41) is 137. The van der Waals surface area contributed by atoms with Crippen molar-refractivity contribution in [1.82, 2.24) is 0 Å². The van der Waals surface area contributed by atoms with Gasteiger partial charge in [0.1, 0.15) is 0 Å². The first-order chi connectivity index (χ1) is 20.2. The molecule has 0 radical (unpaired) electrons. The summed E-state index contributed by atoms with van der Waals surface area (Å²) in [5.74, 6) is -17.1. The third-order valence-corrected chi connectivity index (χ3v) is 3.16. The van der Waals surface area contributed by atoms with Crippen LogP contribution in [0.25, 0.3) is 0 Å². The van der Waals surface area contributed by atoms with Crippen LogP contribution in [0, 0.1) is 0 Å². The topological polar surface area (TPSA) is 502 Å². The van der Waals surface area contributed by atoms with Gasteiger partial charge >= 0.3 is 37.1 Å². The van der Waals surface area contributed by atoms with E-state index in [1.54, 1.807) is 0 Å². The first kappa shape index (κ1) is 58.2. The number of aliphatic carboxylic acids is 10. The molecule has 0 heterocycles. The van der Waals surface area contributed by atoms with E-state index in [9.17, 15) is 99.0 Å². The minimum atomic E-state index is -1.96. The molecule has 0 fully saturated rings. The van der Waals surface area contributed by atoms with Crippen molar-refractivity contribution >= 4 is 59.7 Å². The van der Waals surface area contributed by atoms with E-state index < -0.39 is 122 Å². The molecule has 0 rings (SSSR count). The van der Waals surface area contributed by atoms with E-state index in [0.717, 1.165) is 0 Å². The van der Waals surface area contributed by atoms with Crippen molar-refractivity contribution in [3.05, 3.63) is 0 Å². The molecule has 5 unspecified atom stereocenters. The molecule has 0 bridgehead atoms. The molecular weight excluding hydrogens is 742 g/mol. The summed E-state index contributed by atoms with van der Waals surface area (Å²) in [7, 11) is 0. The van der Waals surface area contributed by atoms with Crippen LogP contribution in [-0.4, -0.2) is 116 Å². The van der Waals surface area contributed by atoms with Gasteiger partial charge in [0.25, 0.3) is 0 Å². The molecule has 5 atom stereocenters. The van der Waals surface area contributed by atoms with Gasteiger partial charge in [0.2, 0.25) is 0 Å². The molecule has 0 saturated carbocycles. The fourth-order valence-corrected chi connectivity index (χ4v) is 1.21. The molecular formula is C20H20O25V2. The summed E-state index contributed by atoms with van der Waals surface area (Å²) in [5.41, 5.74) is 0. The zero-order valence-electron chi connectivity index (χ0n) is 22.7. The molecule has 25 nitrogen and oxygen atoms in total. The van der Waals surface area contributed by atoms with E-state index in [4.69, 9.17) is 25.5 Å². The van der Waals surface area contributed by atoms with Crippen molar-refractivity contribution in [3.8, 4) is 0 Å². The van der Waals surface area contributed by atoms with E-state index in [-0.39, 0.29) is 37.1 Å². The second kappa shape index (κ2) is 33.0. The third-order valence-electron chi connectivity index (χ3n) is 3.16. The Labute approximate surface area is 283 Å². The van der Waals surface area contributed by atoms with Crippen molar-refractivity contribution in [1.29, 1.82) is 0 Å². The van der Waals surface area contributed by atoms with Crippen LogP contribution in [-0.2, 0) is 85.1 Å². The second-order valence-corrected chi connectivity index (χ2v) is 7.05. The molecule has 0 spiro atoms. The molecule has 0 aliphatic rings. The van der Waals surface area contributed by atoms with Crippen LogP contribution in [0.3, 0.4) is 0 Å². The maximum atomic E-state index is 9.58. The SMILES string of the molecule is O=C([O-])CC(O)C(=O)[O-].O=C([O-])CC(O)C(=O)[O-].O=C([O-])CC(O)C(=O)[O-].O=C([O-])CC(O)C(=O)[O-].O=C([O-])CC(O)C(=O)[O-].[V+5].[V+5]. The van der Waals surface area contributed by atoms with Crippen molar-refractivity contribution in [2.24, 2.45) is 0 Å². The fourth-order valence-electron chi connectivity index (χ4n) is 1.21. The van der Waals surface area contributed by atoms with Gasteiger partial charge in [-0.15, -0.1) is 0 Å². The Hall–Kier alpha value is -4.33. The summed E-state index contributed by atoms with van der Waals surface area (Å²) in [6.45, 7) is 0. The molecule has 47 heavy (non-hydrogen) atoms. The quantitative estimate of drug-likeness (QED) is 0.103. The summed E-state index contributed by atoms with van der Waals surface area (Å²) in [4.78, 5) is 95.7. The van der Waals surface area contributed by atoms with Gasteiger partial charge in [0.15, 0.2) is 0 Å². The third kappa shape index (κ3) is 51.5. The minimum absolute atomic E-state index is 0. The van der Waals surface area contributed by atoms with Crippen LogP contribution in [0.15, 0.2) is 0 Å². The number of aliphatic hydroxyl groups is 5. The summed E-state index contributed by atoms with van der Waals surface area (Å²) in [6, 6.07) is 0. The number of carboxylic acids is 10. The van der Waals surface area contributed by atoms with Crippen LogP contribution in [0.2, 0.25) is 0 Å². The maximum Gasteiger partial charge on any atom is 5.00 e. The standard InChI is InChI=1S/5C4H6O5.2V/c5*5-2(4(8)9)1-3(6)7;;/h5*2,5H,1H2,(H,6,7)(H,8,9);;/q;;;;;2*+5/p-10. The Kier molecular flexibility index (Phi) is 40.9. The van der Waals surface area contributed by atoms with Crippen molar-refractivity contribution in [2.45, 2.75) is 62.6 Å². The number of carboxylic acid groups (broad SMARTS) is 10. The van der Waals surface area contributed by atoms with Crippen molar-refractivity contribution < 1.29 is 162 Å². The molecule has 0 aromatic heterocycles. The molecule has 27 heteroatoms. The summed E-state index contributed by atoms with van der Waals surface area (Å²) in [6.07, 6.45) is -14.5. The number of aliphatic hydroxyl groups excluding tert-OH is 5. The summed E-state index contributed by atoms with van der Waals surface area (Å²) >= 11 is 0. The molecule has 0 saturated heterocycles. The van der Waals surface area contributed by atoms with E-state index in [2.05, 4.69) is 0 Å². The first-order valence-electron chi connectivity index (χ1n) is 10.6. The zero-order chi connectivity index (χ0) is 37.2. The number of hydrogen-bond acceptors (Lipinski definition) is 25. The first-order valence-corrected chi connectivity index (χ1v) is 10.6. The van der Waals surface area contributed by atoms with Crippen molar-refractivity contribution in [3.63, 3.8) is 0 Å². The normalized spacial score (nSPS) is 12.0. The van der Waals surface area contributed by atoms with Gasteiger partial charge in [-0.1, -0.05) is 0 Å². The van der Waals surface area contributed by atoms with Gasteiger partial charge in [-0.3, -0.25) is 0 Å². The van der Waals surface area contributed by atoms with E-state index in [0.29, 0.717) is 0 Å². The molecule has 0 aliphatic heterocycles. The average Bonchev–Trinajstić information content (AvgIpc) is 2.83. The smallest absolute Gasteiger partial charge is 0.550 e. The van der Waals surface area contributed by atoms with E-state index >= 15 is 0 Å². The molecule has 5 N–H and O–H groups in total. The predicted octanol–water partition coefficient (Wildman–Crippen LogP) is -18.8. The molecule has 260 valence electrons. The Morgan fingerprint density at radius 3 is 0.404 bits per heavy atom. The van der Waals surface area contributed by atoms with Crippen LogP contribution in [0.5, 0.6) is 0 Å². The van der Waals surface area contributed by atoms with Gasteiger partial charge < -0.3 is 125 Å². The number of carbonyl (C=O) groups excluding carboxylic acids is 10. The predicted molar refractivity (Wildman–Crippen MR) is 103 cm³/mol. The molecule has 0 amide bonds. The van der Waals surface area contributed by atoms with Gasteiger partial charge in [0.05, 0.1) is 60.4 Å². The minimum Gasteiger partial charge on any atom is -0.550 e. The van der Waals surface area contributed by atoms with Gasteiger partial charge in [-0.05, 0) is 0 Å². The largest absolute Gasteiger partial charge is 5.00 e. The number of hydrogen-bond donors (Lipinski definition) is 5.